The van der Waals surface area contributed by atoms with E-state index in [9.17, 15) is 0 Å². The second-order valence-corrected chi connectivity index (χ2v) is 6.57. The van der Waals surface area contributed by atoms with Crippen LogP contribution >= 0.6 is 0 Å². The van der Waals surface area contributed by atoms with Crippen molar-refractivity contribution in [3.8, 4) is 0 Å². The number of nitrogens with one attached hydrogen (secondary N) is 1. The Balaban J connectivity index is 3.51. The standard InChI is InChI=1S/C6H20N2OSi2/c1-5(2)6(11-9-10)8-4-3-7/h5-6,8H,3-4,7,11H2,1-2,10H3. The van der Waals surface area contributed by atoms with Gasteiger partial charge in [0.05, 0.1) is 0 Å². The lowest BCUT2D eigenvalue weighted by Gasteiger charge is -2.20. The molecule has 3 nitrogen and oxygen atoms in total. The van der Waals surface area contributed by atoms with E-state index in [1.807, 2.05) is 0 Å². The van der Waals surface area contributed by atoms with Crippen molar-refractivity contribution in [2.45, 2.75) is 19.5 Å². The third-order valence-electron chi connectivity index (χ3n) is 1.70. The van der Waals surface area contributed by atoms with Gasteiger partial charge < -0.3 is 15.2 Å². The second-order valence-electron chi connectivity index (χ2n) is 3.05. The molecule has 1 unspecified atom stereocenters. The van der Waals surface area contributed by atoms with E-state index in [4.69, 9.17) is 9.85 Å². The van der Waals surface area contributed by atoms with Crippen LogP contribution in [0.2, 0.25) is 0 Å². The predicted molar refractivity (Wildman–Crippen MR) is 55.3 cm³/mol. The molecular weight excluding hydrogens is 172 g/mol. The summed E-state index contributed by atoms with van der Waals surface area (Å²) in [6.07, 6.45) is 0. The van der Waals surface area contributed by atoms with Crippen molar-refractivity contribution in [1.29, 1.82) is 0 Å². The van der Waals surface area contributed by atoms with Crippen LogP contribution in [0.4, 0.5) is 0 Å². The van der Waals surface area contributed by atoms with E-state index < -0.39 is 0 Å². The van der Waals surface area contributed by atoms with Crippen molar-refractivity contribution in [3.05, 3.63) is 0 Å². The van der Waals surface area contributed by atoms with Crippen LogP contribution in [0.5, 0.6) is 0 Å². The van der Waals surface area contributed by atoms with E-state index in [2.05, 4.69) is 19.2 Å². The smallest absolute Gasteiger partial charge is 0.162 e. The molecule has 68 valence electrons. The average molecular weight is 192 g/mol. The predicted octanol–water partition coefficient (Wildman–Crippen LogP) is -2.10. The summed E-state index contributed by atoms with van der Waals surface area (Å²) >= 11 is 0. The van der Waals surface area contributed by atoms with Gasteiger partial charge in [-0.1, -0.05) is 13.8 Å². The fourth-order valence-corrected chi connectivity index (χ4v) is 3.08. The van der Waals surface area contributed by atoms with Gasteiger partial charge in [-0.2, -0.15) is 0 Å². The van der Waals surface area contributed by atoms with E-state index >= 15 is 0 Å². The first-order chi connectivity index (χ1) is 5.22. The molecule has 0 aromatic rings. The van der Waals surface area contributed by atoms with Crippen molar-refractivity contribution < 1.29 is 4.12 Å². The summed E-state index contributed by atoms with van der Waals surface area (Å²) < 4.78 is 5.34. The minimum absolute atomic E-state index is 0.337. The van der Waals surface area contributed by atoms with Crippen molar-refractivity contribution in [1.82, 2.24) is 5.32 Å². The molecule has 5 heteroatoms. The molecule has 0 aromatic carbocycles. The molecule has 0 spiro atoms. The molecule has 0 saturated heterocycles. The molecule has 0 amide bonds. The van der Waals surface area contributed by atoms with E-state index in [0.717, 1.165) is 23.6 Å². The molecule has 0 radical (unpaired) electrons. The Morgan fingerprint density at radius 2 is 2.27 bits per heavy atom. The highest BCUT2D eigenvalue weighted by atomic mass is 28.3. The van der Waals surface area contributed by atoms with Crippen LogP contribution in [0.25, 0.3) is 0 Å². The van der Waals surface area contributed by atoms with E-state index in [1.54, 1.807) is 0 Å². The van der Waals surface area contributed by atoms with Gasteiger partial charge in [-0.05, 0) is 5.92 Å². The molecule has 0 heterocycles. The SMILES string of the molecule is CC(C)C(NCCN)[SiH2]O[SiH3]. The number of nitrogens with two attached hydrogens (primary N) is 1. The molecule has 0 aliphatic heterocycles. The quantitative estimate of drug-likeness (QED) is 0.474. The molecule has 0 aliphatic rings. The highest BCUT2D eigenvalue weighted by Gasteiger charge is 2.11. The van der Waals surface area contributed by atoms with Gasteiger partial charge in [-0.15, -0.1) is 0 Å². The lowest BCUT2D eigenvalue weighted by Crippen LogP contribution is -2.42. The Morgan fingerprint density at radius 1 is 1.64 bits per heavy atom. The maximum Gasteiger partial charge on any atom is 0.162 e. The largest absolute Gasteiger partial charge is 0.467 e. The van der Waals surface area contributed by atoms with Crippen LogP contribution in [-0.4, -0.2) is 39.0 Å². The first kappa shape index (κ1) is 11.3. The van der Waals surface area contributed by atoms with Crippen LogP contribution in [0, 0.1) is 5.92 Å². The lowest BCUT2D eigenvalue weighted by molar-refractivity contribution is 0.472. The highest BCUT2D eigenvalue weighted by molar-refractivity contribution is 6.36. The lowest BCUT2D eigenvalue weighted by atomic mass is 10.2. The fraction of sp³-hybridized carbons (Fsp3) is 1.00. The number of hydrogen-bond acceptors (Lipinski definition) is 3. The molecule has 0 aromatic heterocycles. The summed E-state index contributed by atoms with van der Waals surface area (Å²) in [5.74, 6) is 0.683. The second kappa shape index (κ2) is 6.99. The van der Waals surface area contributed by atoms with Gasteiger partial charge in [-0.3, -0.25) is 0 Å². The molecule has 0 fully saturated rings. The Morgan fingerprint density at radius 3 is 2.64 bits per heavy atom. The van der Waals surface area contributed by atoms with E-state index in [-0.39, 0.29) is 9.76 Å². The van der Waals surface area contributed by atoms with Gasteiger partial charge >= 0.3 is 0 Å². The first-order valence-corrected chi connectivity index (χ1v) is 6.35. The molecular formula is C6H20N2OSi2. The Hall–Kier alpha value is 0.314. The zero-order valence-corrected chi connectivity index (χ0v) is 11.2. The third-order valence-corrected chi connectivity index (χ3v) is 4.63. The summed E-state index contributed by atoms with van der Waals surface area (Å²) in [6.45, 7) is 6.09. The minimum atomic E-state index is -0.337. The van der Waals surface area contributed by atoms with Gasteiger partial charge in [0.25, 0.3) is 0 Å². The number of hydrogen-bond donors (Lipinski definition) is 2. The molecule has 11 heavy (non-hydrogen) atoms. The Kier molecular flexibility index (Phi) is 7.19. The molecule has 3 N–H and O–H groups in total. The summed E-state index contributed by atoms with van der Waals surface area (Å²) in [5.41, 5.74) is 6.00. The van der Waals surface area contributed by atoms with Crippen molar-refractivity contribution in [2.24, 2.45) is 11.7 Å². The summed E-state index contributed by atoms with van der Waals surface area (Å²) in [4.78, 5) is 0. The maximum atomic E-state index is 5.39. The Bertz CT molecular complexity index is 92.7. The van der Waals surface area contributed by atoms with Crippen LogP contribution < -0.4 is 11.1 Å². The summed E-state index contributed by atoms with van der Waals surface area (Å²) in [6, 6.07) is 0. The fourth-order valence-electron chi connectivity index (χ4n) is 0.935. The topological polar surface area (TPSA) is 47.3 Å². The molecule has 0 saturated carbocycles. The Labute approximate surface area is 74.6 Å². The van der Waals surface area contributed by atoms with Crippen LogP contribution in [-0.2, 0) is 4.12 Å². The summed E-state index contributed by atoms with van der Waals surface area (Å²) in [5, 5.41) is 3.40. The van der Waals surface area contributed by atoms with Gasteiger partial charge in [0, 0.05) is 18.8 Å². The molecule has 0 aliphatic carbocycles. The van der Waals surface area contributed by atoms with Crippen LogP contribution in [0.1, 0.15) is 13.8 Å². The van der Waals surface area contributed by atoms with Gasteiger partial charge in [0.2, 0.25) is 0 Å². The molecule has 0 bridgehead atoms. The van der Waals surface area contributed by atoms with Gasteiger partial charge in [-0.25, -0.2) is 0 Å². The van der Waals surface area contributed by atoms with Gasteiger partial charge in [0.15, 0.2) is 9.76 Å². The monoisotopic (exact) mass is 192 g/mol. The zero-order chi connectivity index (χ0) is 8.69. The minimum Gasteiger partial charge on any atom is -0.467 e. The average Bonchev–Trinajstić information content (AvgIpc) is 1.97. The van der Waals surface area contributed by atoms with Crippen molar-refractivity contribution in [3.63, 3.8) is 0 Å². The molecule has 0 rings (SSSR count). The summed E-state index contributed by atoms with van der Waals surface area (Å²) in [7, 11) is 0.545. The van der Waals surface area contributed by atoms with Crippen molar-refractivity contribution >= 4 is 20.2 Å². The number of rotatable bonds is 6. The van der Waals surface area contributed by atoms with E-state index in [1.165, 1.54) is 0 Å². The first-order valence-electron chi connectivity index (χ1n) is 4.14. The molecule has 1 atom stereocenters. The van der Waals surface area contributed by atoms with Crippen molar-refractivity contribution in [2.75, 3.05) is 13.1 Å². The van der Waals surface area contributed by atoms with Crippen LogP contribution in [0.3, 0.4) is 0 Å². The van der Waals surface area contributed by atoms with E-state index in [0.29, 0.717) is 11.6 Å². The zero-order valence-electron chi connectivity index (χ0n) is 7.76. The normalized spacial score (nSPS) is 15.3. The highest BCUT2D eigenvalue weighted by Crippen LogP contribution is 1.98. The maximum absolute atomic E-state index is 5.39. The van der Waals surface area contributed by atoms with Crippen LogP contribution in [0.15, 0.2) is 0 Å². The van der Waals surface area contributed by atoms with Gasteiger partial charge in [0.1, 0.15) is 10.5 Å². The third kappa shape index (κ3) is 5.57.